The first kappa shape index (κ1) is 30.2. The highest BCUT2D eigenvalue weighted by molar-refractivity contribution is 6.30. The molecule has 1 aromatic heterocycles. The largest absolute Gasteiger partial charge is 0.397 e. The second-order valence-corrected chi connectivity index (χ2v) is 10.9. The zero-order valence-corrected chi connectivity index (χ0v) is 23.7. The van der Waals surface area contributed by atoms with Gasteiger partial charge in [-0.1, -0.05) is 36.6 Å². The molecule has 41 heavy (non-hydrogen) atoms. The van der Waals surface area contributed by atoms with Gasteiger partial charge in [0.2, 0.25) is 5.82 Å². The Morgan fingerprint density at radius 2 is 2.05 bits per heavy atom. The second kappa shape index (κ2) is 12.4. The van der Waals surface area contributed by atoms with Gasteiger partial charge in [-0.3, -0.25) is 15.5 Å². The van der Waals surface area contributed by atoms with Gasteiger partial charge in [0.15, 0.2) is 0 Å². The number of carbonyl (C=O) groups is 1. The molecule has 1 fully saturated rings. The summed E-state index contributed by atoms with van der Waals surface area (Å²) in [6.07, 6.45) is 1.30. The summed E-state index contributed by atoms with van der Waals surface area (Å²) in [6, 6.07) is 5.25. The van der Waals surface area contributed by atoms with Crippen LogP contribution < -0.4 is 16.4 Å². The molecule has 216 valence electrons. The molecule has 0 spiro atoms. The zero-order chi connectivity index (χ0) is 29.9. The number of nitrogens with one attached hydrogen (secondary N) is 2. The van der Waals surface area contributed by atoms with Crippen molar-refractivity contribution >= 4 is 40.5 Å². The maximum atomic E-state index is 13.5. The summed E-state index contributed by atoms with van der Waals surface area (Å²) in [5, 5.41) is 13.0. The van der Waals surface area contributed by atoms with Crippen molar-refractivity contribution in [2.24, 2.45) is 11.8 Å². The third-order valence-electron chi connectivity index (χ3n) is 7.35. The maximum absolute atomic E-state index is 13.5. The Morgan fingerprint density at radius 1 is 1.29 bits per heavy atom. The van der Waals surface area contributed by atoms with E-state index in [2.05, 4.69) is 39.1 Å². The van der Waals surface area contributed by atoms with E-state index in [1.807, 2.05) is 12.2 Å². The van der Waals surface area contributed by atoms with Gasteiger partial charge < -0.3 is 16.0 Å². The summed E-state index contributed by atoms with van der Waals surface area (Å²) in [5.74, 6) is 2.76. The Labute approximate surface area is 241 Å². The molecule has 12 heteroatoms. The lowest BCUT2D eigenvalue weighted by molar-refractivity contribution is -0.617. The SMILES string of the molecule is Cc1ccc(NC(=O)C2=CC=C(Cl)C(C(F)(F)F)C2C)cc1C#CC(=N)c1c(N)ncnc1[NH2+][C@@H]1CCCN(C)C1. The minimum Gasteiger partial charge on any atom is -0.383 e. The van der Waals surface area contributed by atoms with Crippen LogP contribution in [0.4, 0.5) is 30.5 Å². The molecule has 2 heterocycles. The highest BCUT2D eigenvalue weighted by Gasteiger charge is 2.48. The molecule has 2 aromatic rings. The Balaban J connectivity index is 1.53. The number of nitrogen functional groups attached to an aromatic ring is 1. The van der Waals surface area contributed by atoms with Crippen molar-refractivity contribution in [1.82, 2.24) is 14.9 Å². The lowest BCUT2D eigenvalue weighted by Gasteiger charge is -2.30. The molecule has 1 aromatic carbocycles. The molecule has 1 saturated heterocycles. The molecule has 3 atom stereocenters. The highest BCUT2D eigenvalue weighted by atomic mass is 35.5. The van der Waals surface area contributed by atoms with Crippen molar-refractivity contribution in [3.05, 3.63) is 64.0 Å². The Morgan fingerprint density at radius 3 is 2.76 bits per heavy atom. The van der Waals surface area contributed by atoms with E-state index < -0.39 is 23.9 Å². The van der Waals surface area contributed by atoms with Gasteiger partial charge in [-0.2, -0.15) is 18.2 Å². The molecule has 0 radical (unpaired) electrons. The number of alkyl halides is 3. The fraction of sp³-hybridized carbons (Fsp3) is 0.379. The Hall–Kier alpha value is -3.72. The number of piperidine rings is 1. The van der Waals surface area contributed by atoms with Crippen LogP contribution in [0, 0.1) is 36.0 Å². The van der Waals surface area contributed by atoms with Crippen LogP contribution in [0.1, 0.15) is 36.5 Å². The van der Waals surface area contributed by atoms with E-state index in [1.54, 1.807) is 18.2 Å². The van der Waals surface area contributed by atoms with Crippen LogP contribution in [-0.4, -0.2) is 58.8 Å². The number of likely N-dealkylation sites (tertiary alicyclic amines) is 1. The number of hydrogen-bond donors (Lipinski definition) is 4. The van der Waals surface area contributed by atoms with Crippen molar-refractivity contribution in [2.75, 3.05) is 31.2 Å². The van der Waals surface area contributed by atoms with Crippen LogP contribution in [0.5, 0.6) is 0 Å². The topological polar surface area (TPSA) is 125 Å². The zero-order valence-electron chi connectivity index (χ0n) is 22.9. The molecule has 1 amide bonds. The third-order valence-corrected chi connectivity index (χ3v) is 7.71. The summed E-state index contributed by atoms with van der Waals surface area (Å²) in [4.78, 5) is 23.6. The minimum atomic E-state index is -4.58. The lowest BCUT2D eigenvalue weighted by Crippen LogP contribution is -2.87. The summed E-state index contributed by atoms with van der Waals surface area (Å²) in [7, 11) is 2.07. The standard InChI is InChI=1S/C29H31ClF3N7O/c1-16-6-8-19(39-28(41)21-9-10-22(30)25(17(21)2)29(31,32)33)13-18(16)7-11-23(34)24-26(35)36-15-37-27(24)38-20-5-4-12-40(3)14-20/h6,8-10,13,15,17,20,25,34H,4-5,12,14H2,1-3H3,(H,39,41)(H3,35,36,37,38)/p+1/t17?,20-,25?/m1/s1. The van der Waals surface area contributed by atoms with Crippen molar-refractivity contribution in [2.45, 2.75) is 38.9 Å². The number of benzene rings is 1. The summed E-state index contributed by atoms with van der Waals surface area (Å²) in [6.45, 7) is 5.08. The van der Waals surface area contributed by atoms with Crippen LogP contribution in [0.2, 0.25) is 0 Å². The monoisotopic (exact) mass is 586 g/mol. The minimum absolute atomic E-state index is 0.0285. The van der Waals surface area contributed by atoms with Gasteiger partial charge in [-0.05, 0) is 56.6 Å². The molecule has 2 aliphatic rings. The van der Waals surface area contributed by atoms with E-state index >= 15 is 0 Å². The first-order valence-corrected chi connectivity index (χ1v) is 13.5. The molecular formula is C29H32ClF3N7O+. The van der Waals surface area contributed by atoms with Gasteiger partial charge in [0.25, 0.3) is 5.91 Å². The normalized spacial score (nSPS) is 21.3. The number of hydrogen-bond acceptors (Lipinski definition) is 6. The number of allylic oxidation sites excluding steroid dienone is 3. The number of aromatic nitrogens is 2. The molecule has 2 unspecified atom stereocenters. The van der Waals surface area contributed by atoms with Gasteiger partial charge in [0.05, 0.1) is 12.5 Å². The van der Waals surface area contributed by atoms with E-state index in [0.29, 0.717) is 22.6 Å². The number of likely N-dealkylation sites (N-methyl/N-ethyl adjacent to an activating group) is 1. The number of carbonyl (C=O) groups excluding carboxylic acids is 1. The van der Waals surface area contributed by atoms with Crippen LogP contribution in [0.25, 0.3) is 0 Å². The maximum Gasteiger partial charge on any atom is 0.397 e. The van der Waals surface area contributed by atoms with Crippen LogP contribution in [-0.2, 0) is 4.79 Å². The van der Waals surface area contributed by atoms with Crippen molar-refractivity contribution in [3.8, 4) is 11.8 Å². The van der Waals surface area contributed by atoms with Crippen molar-refractivity contribution in [3.63, 3.8) is 0 Å². The lowest BCUT2D eigenvalue weighted by atomic mass is 9.82. The van der Waals surface area contributed by atoms with Crippen LogP contribution in [0.15, 0.2) is 47.3 Å². The number of halogens is 4. The molecule has 6 N–H and O–H groups in total. The smallest absolute Gasteiger partial charge is 0.383 e. The quantitative estimate of drug-likeness (QED) is 0.313. The highest BCUT2D eigenvalue weighted by Crippen LogP contribution is 2.44. The van der Waals surface area contributed by atoms with E-state index in [1.165, 1.54) is 19.3 Å². The number of rotatable bonds is 5. The Kier molecular flexibility index (Phi) is 9.17. The third kappa shape index (κ3) is 7.14. The number of quaternary nitrogens is 1. The predicted molar refractivity (Wildman–Crippen MR) is 153 cm³/mol. The summed E-state index contributed by atoms with van der Waals surface area (Å²) < 4.78 is 40.6. The predicted octanol–water partition coefficient (Wildman–Crippen LogP) is 3.89. The molecule has 0 saturated carbocycles. The fourth-order valence-corrected chi connectivity index (χ4v) is 5.53. The van der Waals surface area contributed by atoms with Crippen LogP contribution >= 0.6 is 11.6 Å². The van der Waals surface area contributed by atoms with Crippen LogP contribution in [0.3, 0.4) is 0 Å². The summed E-state index contributed by atoms with van der Waals surface area (Å²) >= 11 is 5.82. The number of amides is 1. The van der Waals surface area contributed by atoms with Crippen molar-refractivity contribution in [1.29, 1.82) is 5.41 Å². The number of anilines is 2. The number of nitrogens with zero attached hydrogens (tertiary/aromatic N) is 3. The molecule has 4 rings (SSSR count). The van der Waals surface area contributed by atoms with Gasteiger partial charge in [0, 0.05) is 34.2 Å². The van der Waals surface area contributed by atoms with Crippen molar-refractivity contribution < 1.29 is 23.3 Å². The first-order chi connectivity index (χ1) is 19.3. The van der Waals surface area contributed by atoms with E-state index in [-0.39, 0.29) is 28.2 Å². The van der Waals surface area contributed by atoms with E-state index in [0.717, 1.165) is 37.6 Å². The average molecular weight is 587 g/mol. The second-order valence-electron chi connectivity index (χ2n) is 10.4. The average Bonchev–Trinajstić information content (AvgIpc) is 2.88. The van der Waals surface area contributed by atoms with E-state index in [4.69, 9.17) is 22.7 Å². The molecule has 0 bridgehead atoms. The van der Waals surface area contributed by atoms with Gasteiger partial charge in [0.1, 0.15) is 29.5 Å². The Bertz CT molecular complexity index is 1470. The number of nitrogens with two attached hydrogens (primary N) is 2. The fourth-order valence-electron chi connectivity index (χ4n) is 5.16. The molecule has 8 nitrogen and oxygen atoms in total. The summed E-state index contributed by atoms with van der Waals surface area (Å²) in [5.41, 5.74) is 8.09. The molecular weight excluding hydrogens is 555 g/mol. The van der Waals surface area contributed by atoms with E-state index in [9.17, 15) is 18.0 Å². The molecule has 1 aliphatic heterocycles. The van der Waals surface area contributed by atoms with Gasteiger partial charge in [-0.15, -0.1) is 0 Å². The first-order valence-electron chi connectivity index (χ1n) is 13.2. The van der Waals surface area contributed by atoms with Gasteiger partial charge in [-0.25, -0.2) is 4.98 Å². The van der Waals surface area contributed by atoms with Gasteiger partial charge >= 0.3 is 6.18 Å². The number of aryl methyl sites for hydroxylation is 1. The molecule has 1 aliphatic carbocycles.